The summed E-state index contributed by atoms with van der Waals surface area (Å²) in [6.45, 7) is 3.99. The molecule has 0 saturated heterocycles. The fraction of sp³-hybridized carbons (Fsp3) is 0.292. The maximum absolute atomic E-state index is 12.1. The topological polar surface area (TPSA) is 108 Å². The number of rotatable bonds is 9. The molecule has 8 nitrogen and oxygen atoms in total. The highest BCUT2D eigenvalue weighted by atomic mass is 16.5. The number of nitrogens with zero attached hydrogens (tertiary/aromatic N) is 2. The maximum atomic E-state index is 12.1. The number of ether oxygens (including phenoxy) is 2. The number of amides is 1. The molecule has 3 aromatic rings. The molecule has 0 unspecified atom stereocenters. The molecule has 0 fully saturated rings. The Kier molecular flexibility index (Phi) is 5.85. The first-order chi connectivity index (χ1) is 15.4. The summed E-state index contributed by atoms with van der Waals surface area (Å²) in [7, 11) is 1.89. The Morgan fingerprint density at radius 2 is 1.94 bits per heavy atom. The molecule has 0 aliphatic heterocycles. The van der Waals surface area contributed by atoms with E-state index in [2.05, 4.69) is 10.4 Å². The number of hydrogen-bond acceptors (Lipinski definition) is 6. The summed E-state index contributed by atoms with van der Waals surface area (Å²) in [4.78, 5) is 23.3. The first-order valence-electron chi connectivity index (χ1n) is 10.6. The largest absolute Gasteiger partial charge is 0.490 e. The molecule has 3 N–H and O–H groups in total. The fourth-order valence-electron chi connectivity index (χ4n) is 3.97. The number of carbonyl (C=O) groups excluding carboxylic acids is 2. The Morgan fingerprint density at radius 1 is 1.16 bits per heavy atom. The van der Waals surface area contributed by atoms with Crippen molar-refractivity contribution < 1.29 is 19.1 Å². The normalized spacial score (nSPS) is 11.6. The maximum Gasteiger partial charge on any atom is 0.255 e. The second kappa shape index (κ2) is 8.74. The molecular formula is C24H26N4O4. The summed E-state index contributed by atoms with van der Waals surface area (Å²) in [5, 5.41) is 8.02. The third-order valence-corrected chi connectivity index (χ3v) is 5.38. The van der Waals surface area contributed by atoms with Crippen molar-refractivity contribution in [1.29, 1.82) is 0 Å². The molecule has 0 atom stereocenters. The lowest BCUT2D eigenvalue weighted by Gasteiger charge is -2.14. The van der Waals surface area contributed by atoms with Gasteiger partial charge in [-0.1, -0.05) is 19.1 Å². The zero-order chi connectivity index (χ0) is 22.8. The average Bonchev–Trinajstić information content (AvgIpc) is 3.29. The van der Waals surface area contributed by atoms with Gasteiger partial charge in [-0.3, -0.25) is 14.3 Å². The van der Waals surface area contributed by atoms with Crippen LogP contribution in [0, 0.1) is 0 Å². The first-order valence-corrected chi connectivity index (χ1v) is 10.6. The van der Waals surface area contributed by atoms with Crippen LogP contribution < -0.4 is 20.5 Å². The minimum atomic E-state index is -0.551. The molecule has 2 aromatic carbocycles. The van der Waals surface area contributed by atoms with Gasteiger partial charge in [0.2, 0.25) is 0 Å². The summed E-state index contributed by atoms with van der Waals surface area (Å²) < 4.78 is 13.2. The van der Waals surface area contributed by atoms with E-state index >= 15 is 0 Å². The molecule has 1 aromatic heterocycles. The molecule has 166 valence electrons. The van der Waals surface area contributed by atoms with Crippen LogP contribution in [0.3, 0.4) is 0 Å². The van der Waals surface area contributed by atoms with E-state index < -0.39 is 5.91 Å². The van der Waals surface area contributed by atoms with E-state index in [1.807, 2.05) is 62.0 Å². The highest BCUT2D eigenvalue weighted by molar-refractivity contribution is 5.97. The van der Waals surface area contributed by atoms with E-state index in [-0.39, 0.29) is 12.4 Å². The molecule has 1 amide bonds. The molecule has 0 bridgehead atoms. The Bertz CT molecular complexity index is 1200. The zero-order valence-electron chi connectivity index (χ0n) is 18.4. The van der Waals surface area contributed by atoms with Crippen LogP contribution in [0.5, 0.6) is 11.5 Å². The molecule has 0 spiro atoms. The molecule has 1 aliphatic carbocycles. The lowest BCUT2D eigenvalue weighted by atomic mass is 10.1. The van der Waals surface area contributed by atoms with Crippen molar-refractivity contribution in [2.75, 3.05) is 18.5 Å². The molecule has 1 heterocycles. The number of aromatic nitrogens is 2. The van der Waals surface area contributed by atoms with Crippen LogP contribution in [0.2, 0.25) is 0 Å². The predicted octanol–water partition coefficient (Wildman–Crippen LogP) is 3.59. The number of nitrogens with two attached hydrogens (primary N) is 1. The van der Waals surface area contributed by atoms with Crippen LogP contribution in [0.15, 0.2) is 36.4 Å². The van der Waals surface area contributed by atoms with Gasteiger partial charge in [0.15, 0.2) is 29.7 Å². The van der Waals surface area contributed by atoms with Crippen molar-refractivity contribution in [3.8, 4) is 22.8 Å². The summed E-state index contributed by atoms with van der Waals surface area (Å²) in [5.41, 5.74) is 10.8. The number of anilines is 2. The summed E-state index contributed by atoms with van der Waals surface area (Å²) >= 11 is 0. The Balaban J connectivity index is 1.68. The number of fused-ring (bicyclic) bond motifs is 3. The molecule has 1 aliphatic rings. The minimum Gasteiger partial charge on any atom is -0.490 e. The number of primary amides is 1. The minimum absolute atomic E-state index is 0.0965. The number of Topliss-reactive ketones (excluding diaryl/α,β-unsaturated/α-hetero) is 1. The lowest BCUT2D eigenvalue weighted by Crippen LogP contribution is -2.20. The number of ketones is 1. The zero-order valence-corrected chi connectivity index (χ0v) is 18.4. The van der Waals surface area contributed by atoms with Crippen molar-refractivity contribution >= 4 is 23.2 Å². The van der Waals surface area contributed by atoms with Gasteiger partial charge in [-0.2, -0.15) is 5.10 Å². The van der Waals surface area contributed by atoms with Crippen molar-refractivity contribution in [2.24, 2.45) is 12.8 Å². The van der Waals surface area contributed by atoms with Gasteiger partial charge in [0.1, 0.15) is 0 Å². The van der Waals surface area contributed by atoms with Crippen molar-refractivity contribution in [3.63, 3.8) is 0 Å². The summed E-state index contributed by atoms with van der Waals surface area (Å²) in [5.74, 6) is 1.33. The van der Waals surface area contributed by atoms with Gasteiger partial charge in [0.25, 0.3) is 5.91 Å². The van der Waals surface area contributed by atoms with Gasteiger partial charge in [-0.05, 0) is 36.8 Å². The number of aryl methyl sites for hydroxylation is 1. The monoisotopic (exact) mass is 434 g/mol. The van der Waals surface area contributed by atoms with Gasteiger partial charge >= 0.3 is 0 Å². The Hall–Kier alpha value is -3.81. The average molecular weight is 434 g/mol. The fourth-order valence-corrected chi connectivity index (χ4v) is 3.97. The second-order valence-electron chi connectivity index (χ2n) is 7.60. The van der Waals surface area contributed by atoms with Gasteiger partial charge in [0.05, 0.1) is 12.3 Å². The van der Waals surface area contributed by atoms with E-state index in [4.69, 9.17) is 15.2 Å². The van der Waals surface area contributed by atoms with Crippen LogP contribution >= 0.6 is 0 Å². The quantitative estimate of drug-likeness (QED) is 0.390. The summed E-state index contributed by atoms with van der Waals surface area (Å²) in [6.07, 6.45) is 1.13. The number of benzene rings is 2. The van der Waals surface area contributed by atoms with E-state index in [1.165, 1.54) is 0 Å². The Morgan fingerprint density at radius 3 is 2.66 bits per heavy atom. The summed E-state index contributed by atoms with van der Waals surface area (Å²) in [6, 6.07) is 11.3. The van der Waals surface area contributed by atoms with Crippen LogP contribution in [0.25, 0.3) is 11.3 Å². The van der Waals surface area contributed by atoms with E-state index in [0.29, 0.717) is 36.5 Å². The standard InChI is InChI=1S/C24H26N4O4/c1-4-19(29)14-7-6-8-16(9-14)26-24-18-10-15-11-20(31-5-2)21(32-13-22(25)30)12-17(15)23(18)28(3)27-24/h6-9,11-12H,4-5,10,13H2,1-3H3,(H2,25,30)(H,26,27). The second-order valence-corrected chi connectivity index (χ2v) is 7.60. The number of hydrogen-bond donors (Lipinski definition) is 2. The van der Waals surface area contributed by atoms with E-state index in [9.17, 15) is 9.59 Å². The smallest absolute Gasteiger partial charge is 0.255 e. The number of carbonyl (C=O) groups is 2. The molecule has 8 heteroatoms. The predicted molar refractivity (Wildman–Crippen MR) is 122 cm³/mol. The SMILES string of the molecule is CCOc1cc2c(cc1OCC(N)=O)-c1c(c(Nc3cccc(C(=O)CC)c3)nn1C)C2. The van der Waals surface area contributed by atoms with Crippen LogP contribution in [0.1, 0.15) is 41.8 Å². The third-order valence-electron chi connectivity index (χ3n) is 5.38. The van der Waals surface area contributed by atoms with Crippen molar-refractivity contribution in [3.05, 3.63) is 53.1 Å². The van der Waals surface area contributed by atoms with E-state index in [1.54, 1.807) is 0 Å². The van der Waals surface area contributed by atoms with Gasteiger partial charge < -0.3 is 20.5 Å². The van der Waals surface area contributed by atoms with Crippen LogP contribution in [-0.4, -0.2) is 34.7 Å². The van der Waals surface area contributed by atoms with Crippen molar-refractivity contribution in [1.82, 2.24) is 9.78 Å². The lowest BCUT2D eigenvalue weighted by molar-refractivity contribution is -0.119. The Labute approximate surface area is 186 Å². The molecule has 0 saturated carbocycles. The molecule has 0 radical (unpaired) electrons. The molecular weight excluding hydrogens is 408 g/mol. The number of nitrogens with one attached hydrogen (secondary N) is 1. The molecule has 32 heavy (non-hydrogen) atoms. The molecule has 4 rings (SSSR count). The van der Waals surface area contributed by atoms with Crippen LogP contribution in [-0.2, 0) is 18.3 Å². The van der Waals surface area contributed by atoms with E-state index in [0.717, 1.165) is 33.9 Å². The first kappa shape index (κ1) is 21.4. The van der Waals surface area contributed by atoms with Crippen LogP contribution in [0.4, 0.5) is 11.5 Å². The van der Waals surface area contributed by atoms with Gasteiger partial charge in [0, 0.05) is 42.3 Å². The van der Waals surface area contributed by atoms with Gasteiger partial charge in [-0.15, -0.1) is 0 Å². The highest BCUT2D eigenvalue weighted by Crippen LogP contribution is 2.45. The van der Waals surface area contributed by atoms with Crippen molar-refractivity contribution in [2.45, 2.75) is 26.7 Å². The third kappa shape index (κ3) is 4.03. The highest BCUT2D eigenvalue weighted by Gasteiger charge is 2.29. The van der Waals surface area contributed by atoms with Gasteiger partial charge in [-0.25, -0.2) is 0 Å².